The summed E-state index contributed by atoms with van der Waals surface area (Å²) in [4.78, 5) is 24.7. The molecule has 0 bridgehead atoms. The molecule has 1 aromatic rings. The molecule has 1 saturated carbocycles. The van der Waals surface area contributed by atoms with E-state index in [0.29, 0.717) is 12.8 Å². The topological polar surface area (TPSA) is 57.6 Å². The Morgan fingerprint density at radius 1 is 1.53 bits per heavy atom. The Morgan fingerprint density at radius 2 is 2.24 bits per heavy atom. The minimum Gasteiger partial charge on any atom is -0.479 e. The second-order valence-corrected chi connectivity index (χ2v) is 5.23. The highest BCUT2D eigenvalue weighted by Gasteiger charge is 2.49. The van der Waals surface area contributed by atoms with Gasteiger partial charge >= 0.3 is 5.97 Å². The maximum atomic E-state index is 12.0. The Morgan fingerprint density at radius 3 is 2.65 bits per heavy atom. The van der Waals surface area contributed by atoms with Crippen molar-refractivity contribution in [3.63, 3.8) is 0 Å². The van der Waals surface area contributed by atoms with Gasteiger partial charge in [-0.25, -0.2) is 4.79 Å². The fourth-order valence-electron chi connectivity index (χ4n) is 2.13. The summed E-state index contributed by atoms with van der Waals surface area (Å²) in [5, 5.41) is 13.1. The van der Waals surface area contributed by atoms with Gasteiger partial charge in [0.05, 0.1) is 6.42 Å². The summed E-state index contributed by atoms with van der Waals surface area (Å²) in [6, 6.07) is 1.89. The van der Waals surface area contributed by atoms with Crippen molar-refractivity contribution >= 4 is 23.2 Å². The number of carbonyl (C=O) groups is 2. The van der Waals surface area contributed by atoms with Crippen molar-refractivity contribution in [1.82, 2.24) is 4.90 Å². The number of amides is 1. The molecule has 92 valence electrons. The lowest BCUT2D eigenvalue weighted by atomic mass is 9.75. The summed E-state index contributed by atoms with van der Waals surface area (Å²) >= 11 is 1.54. The molecule has 0 aromatic carbocycles. The highest BCUT2D eigenvalue weighted by atomic mass is 32.1. The van der Waals surface area contributed by atoms with Gasteiger partial charge < -0.3 is 10.0 Å². The van der Waals surface area contributed by atoms with Crippen LogP contribution in [0.3, 0.4) is 0 Å². The molecule has 0 saturated heterocycles. The van der Waals surface area contributed by atoms with Gasteiger partial charge in [0.2, 0.25) is 5.91 Å². The number of carboxylic acids is 1. The van der Waals surface area contributed by atoms with Crippen LogP contribution in [0.4, 0.5) is 0 Å². The first-order chi connectivity index (χ1) is 8.06. The molecule has 17 heavy (non-hydrogen) atoms. The summed E-state index contributed by atoms with van der Waals surface area (Å²) in [6.07, 6.45) is 2.29. The second kappa shape index (κ2) is 4.49. The Bertz CT molecular complexity index is 423. The molecule has 0 radical (unpaired) electrons. The molecule has 0 spiro atoms. The van der Waals surface area contributed by atoms with Gasteiger partial charge in [-0.1, -0.05) is 0 Å². The Balaban J connectivity index is 2.06. The van der Waals surface area contributed by atoms with Crippen LogP contribution in [0.15, 0.2) is 16.8 Å². The first-order valence-electron chi connectivity index (χ1n) is 5.57. The Hall–Kier alpha value is -1.36. The molecule has 5 heteroatoms. The van der Waals surface area contributed by atoms with Crippen molar-refractivity contribution in [2.45, 2.75) is 31.2 Å². The zero-order chi connectivity index (χ0) is 12.5. The normalized spacial score (nSPS) is 17.2. The van der Waals surface area contributed by atoms with E-state index in [0.717, 1.165) is 12.0 Å². The Kier molecular flexibility index (Phi) is 3.19. The molecule has 1 aliphatic rings. The van der Waals surface area contributed by atoms with Crippen LogP contribution in [-0.2, 0) is 16.0 Å². The number of carboxylic acid groups (broad SMARTS) is 1. The summed E-state index contributed by atoms with van der Waals surface area (Å²) in [5.74, 6) is -1.00. The van der Waals surface area contributed by atoms with Crippen molar-refractivity contribution in [2.75, 3.05) is 7.05 Å². The van der Waals surface area contributed by atoms with E-state index in [9.17, 15) is 14.7 Å². The highest BCUT2D eigenvalue weighted by molar-refractivity contribution is 7.07. The summed E-state index contributed by atoms with van der Waals surface area (Å²) < 4.78 is 0. The maximum absolute atomic E-state index is 12.0. The fourth-order valence-corrected chi connectivity index (χ4v) is 2.80. The number of hydrogen-bond donors (Lipinski definition) is 1. The molecule has 1 amide bonds. The van der Waals surface area contributed by atoms with Crippen LogP contribution in [0, 0.1) is 0 Å². The van der Waals surface area contributed by atoms with Crippen molar-refractivity contribution in [3.8, 4) is 0 Å². The smallest absolute Gasteiger partial charge is 0.329 e. The first-order valence-corrected chi connectivity index (χ1v) is 6.52. The molecule has 4 nitrogen and oxygen atoms in total. The van der Waals surface area contributed by atoms with Crippen LogP contribution >= 0.6 is 11.3 Å². The van der Waals surface area contributed by atoms with Crippen LogP contribution in [-0.4, -0.2) is 34.5 Å². The molecule has 0 atom stereocenters. The zero-order valence-electron chi connectivity index (χ0n) is 9.68. The first kappa shape index (κ1) is 12.1. The number of hydrogen-bond acceptors (Lipinski definition) is 3. The quantitative estimate of drug-likeness (QED) is 0.889. The van der Waals surface area contributed by atoms with Gasteiger partial charge in [0, 0.05) is 7.05 Å². The third-order valence-electron chi connectivity index (χ3n) is 3.53. The van der Waals surface area contributed by atoms with Crippen molar-refractivity contribution in [1.29, 1.82) is 0 Å². The fraction of sp³-hybridized carbons (Fsp3) is 0.500. The molecule has 1 N–H and O–H groups in total. The number of likely N-dealkylation sites (N-methyl/N-ethyl adjacent to an activating group) is 1. The minimum atomic E-state index is -0.951. The maximum Gasteiger partial charge on any atom is 0.329 e. The summed E-state index contributed by atoms with van der Waals surface area (Å²) in [5.41, 5.74) is -0.000625. The number of carbonyl (C=O) groups excluding carboxylic acids is 1. The molecule has 1 fully saturated rings. The predicted molar refractivity (Wildman–Crippen MR) is 65.0 cm³/mol. The lowest BCUT2D eigenvalue weighted by Gasteiger charge is -2.44. The Labute approximate surface area is 104 Å². The number of thiophene rings is 1. The second-order valence-electron chi connectivity index (χ2n) is 4.45. The summed E-state index contributed by atoms with van der Waals surface area (Å²) in [6.45, 7) is 0. The molecule has 0 aliphatic heterocycles. The van der Waals surface area contributed by atoms with E-state index in [4.69, 9.17) is 0 Å². The van der Waals surface area contributed by atoms with E-state index in [1.807, 2.05) is 16.8 Å². The highest BCUT2D eigenvalue weighted by Crippen LogP contribution is 2.37. The molecule has 0 unspecified atom stereocenters. The van der Waals surface area contributed by atoms with Gasteiger partial charge in [-0.05, 0) is 41.7 Å². The van der Waals surface area contributed by atoms with Crippen LogP contribution in [0.5, 0.6) is 0 Å². The third-order valence-corrected chi connectivity index (χ3v) is 4.26. The van der Waals surface area contributed by atoms with Gasteiger partial charge in [-0.15, -0.1) is 0 Å². The van der Waals surface area contributed by atoms with Crippen LogP contribution in [0.2, 0.25) is 0 Å². The van der Waals surface area contributed by atoms with Crippen LogP contribution in [0.25, 0.3) is 0 Å². The van der Waals surface area contributed by atoms with Gasteiger partial charge in [0.15, 0.2) is 0 Å². The van der Waals surface area contributed by atoms with Crippen LogP contribution in [0.1, 0.15) is 24.8 Å². The average molecular weight is 253 g/mol. The van der Waals surface area contributed by atoms with E-state index in [2.05, 4.69) is 0 Å². The molecule has 1 aliphatic carbocycles. The van der Waals surface area contributed by atoms with E-state index in [-0.39, 0.29) is 12.3 Å². The molecular weight excluding hydrogens is 238 g/mol. The average Bonchev–Trinajstić information content (AvgIpc) is 2.67. The monoisotopic (exact) mass is 253 g/mol. The third kappa shape index (κ3) is 2.07. The minimum absolute atomic E-state index is 0.120. The lowest BCUT2D eigenvalue weighted by Crippen LogP contribution is -2.59. The van der Waals surface area contributed by atoms with E-state index in [1.165, 1.54) is 16.2 Å². The van der Waals surface area contributed by atoms with Gasteiger partial charge in [-0.3, -0.25) is 4.79 Å². The van der Waals surface area contributed by atoms with Gasteiger partial charge in [-0.2, -0.15) is 11.3 Å². The lowest BCUT2D eigenvalue weighted by molar-refractivity contribution is -0.163. The summed E-state index contributed by atoms with van der Waals surface area (Å²) in [7, 11) is 1.60. The standard InChI is InChI=1S/C12H15NO3S/c1-13(12(11(15)16)4-2-5-12)10(14)7-9-3-6-17-8-9/h3,6,8H,2,4-5,7H2,1H3,(H,15,16). The van der Waals surface area contributed by atoms with E-state index < -0.39 is 11.5 Å². The molecule has 1 heterocycles. The van der Waals surface area contributed by atoms with Crippen LogP contribution < -0.4 is 0 Å². The molecule has 1 aromatic heterocycles. The largest absolute Gasteiger partial charge is 0.479 e. The van der Waals surface area contributed by atoms with Crippen molar-refractivity contribution in [3.05, 3.63) is 22.4 Å². The molecular formula is C12H15NO3S. The van der Waals surface area contributed by atoms with Crippen molar-refractivity contribution in [2.24, 2.45) is 0 Å². The number of aliphatic carboxylic acids is 1. The zero-order valence-corrected chi connectivity index (χ0v) is 10.5. The number of nitrogens with zero attached hydrogens (tertiary/aromatic N) is 1. The van der Waals surface area contributed by atoms with Crippen molar-refractivity contribution < 1.29 is 14.7 Å². The van der Waals surface area contributed by atoms with E-state index in [1.54, 1.807) is 7.05 Å². The predicted octanol–water partition coefficient (Wildman–Crippen LogP) is 1.76. The SMILES string of the molecule is CN(C(=O)Cc1ccsc1)C1(C(=O)O)CCC1. The van der Waals surface area contributed by atoms with Gasteiger partial charge in [0.1, 0.15) is 5.54 Å². The van der Waals surface area contributed by atoms with E-state index >= 15 is 0 Å². The molecule has 2 rings (SSSR count). The van der Waals surface area contributed by atoms with Gasteiger partial charge in [0.25, 0.3) is 0 Å². The number of rotatable bonds is 4.